The first-order valence-electron chi connectivity index (χ1n) is 7.23. The molecule has 0 radical (unpaired) electrons. The predicted octanol–water partition coefficient (Wildman–Crippen LogP) is 4.32. The minimum absolute atomic E-state index is 0.0569. The van der Waals surface area contributed by atoms with Crippen LogP contribution in [0.4, 0.5) is 8.78 Å². The van der Waals surface area contributed by atoms with Crippen LogP contribution in [0.2, 0.25) is 0 Å². The van der Waals surface area contributed by atoms with Crippen LogP contribution in [-0.2, 0) is 0 Å². The second-order valence-corrected chi connectivity index (χ2v) is 7.57. The van der Waals surface area contributed by atoms with Crippen molar-refractivity contribution in [1.82, 2.24) is 4.90 Å². The standard InChI is InChI=1S/C15H27F2N/c1-13(2,3)14(7-5-6-8-14)9-12-10-15(16,17)11-18(12)4/h12H,5-11H2,1-4H3. The Bertz CT molecular complexity index is 300. The molecule has 1 unspecified atom stereocenters. The summed E-state index contributed by atoms with van der Waals surface area (Å²) >= 11 is 0. The molecule has 0 amide bonds. The molecule has 1 aliphatic carbocycles. The summed E-state index contributed by atoms with van der Waals surface area (Å²) in [4.78, 5) is 1.88. The van der Waals surface area contributed by atoms with E-state index in [0.717, 1.165) is 6.42 Å². The molecule has 0 aromatic carbocycles. The number of rotatable bonds is 2. The van der Waals surface area contributed by atoms with Crippen LogP contribution in [0.15, 0.2) is 0 Å². The number of alkyl halides is 2. The number of halogens is 2. The lowest BCUT2D eigenvalue weighted by Crippen LogP contribution is -2.39. The second-order valence-electron chi connectivity index (χ2n) is 7.57. The molecule has 0 aromatic heterocycles. The van der Waals surface area contributed by atoms with Gasteiger partial charge >= 0.3 is 0 Å². The van der Waals surface area contributed by atoms with E-state index in [1.165, 1.54) is 25.7 Å². The van der Waals surface area contributed by atoms with Gasteiger partial charge in [0.1, 0.15) is 0 Å². The third-order valence-electron chi connectivity index (χ3n) is 5.42. The average Bonchev–Trinajstić information content (AvgIpc) is 2.72. The second kappa shape index (κ2) is 4.43. The van der Waals surface area contributed by atoms with Crippen LogP contribution in [0.1, 0.15) is 59.3 Å². The monoisotopic (exact) mass is 259 g/mol. The highest BCUT2D eigenvalue weighted by Gasteiger charge is 2.50. The van der Waals surface area contributed by atoms with E-state index in [-0.39, 0.29) is 29.8 Å². The Morgan fingerprint density at radius 1 is 1.17 bits per heavy atom. The molecule has 0 spiro atoms. The van der Waals surface area contributed by atoms with Gasteiger partial charge < -0.3 is 0 Å². The zero-order valence-corrected chi connectivity index (χ0v) is 12.2. The van der Waals surface area contributed by atoms with Crippen molar-refractivity contribution in [3.05, 3.63) is 0 Å². The molecule has 2 rings (SSSR count). The van der Waals surface area contributed by atoms with Crippen LogP contribution < -0.4 is 0 Å². The minimum atomic E-state index is -2.48. The Morgan fingerprint density at radius 3 is 2.11 bits per heavy atom. The zero-order valence-electron chi connectivity index (χ0n) is 12.2. The zero-order chi connectivity index (χ0) is 13.6. The smallest absolute Gasteiger partial charge is 0.262 e. The van der Waals surface area contributed by atoms with Crippen LogP contribution in [0.25, 0.3) is 0 Å². The van der Waals surface area contributed by atoms with Crippen molar-refractivity contribution in [3.8, 4) is 0 Å². The molecule has 1 saturated carbocycles. The lowest BCUT2D eigenvalue weighted by molar-refractivity contribution is 0.0123. The summed E-state index contributed by atoms with van der Waals surface area (Å²) in [6.07, 6.45) is 5.97. The molecule has 18 heavy (non-hydrogen) atoms. The van der Waals surface area contributed by atoms with Crippen LogP contribution in [0, 0.1) is 10.8 Å². The third kappa shape index (κ3) is 2.56. The maximum absolute atomic E-state index is 13.5. The fraction of sp³-hybridized carbons (Fsp3) is 1.00. The predicted molar refractivity (Wildman–Crippen MR) is 71.0 cm³/mol. The Morgan fingerprint density at radius 2 is 1.72 bits per heavy atom. The number of nitrogens with zero attached hydrogens (tertiary/aromatic N) is 1. The summed E-state index contributed by atoms with van der Waals surface area (Å²) in [5, 5.41) is 0. The van der Waals surface area contributed by atoms with Gasteiger partial charge in [-0.25, -0.2) is 8.78 Å². The molecule has 1 atom stereocenters. The van der Waals surface area contributed by atoms with E-state index in [4.69, 9.17) is 0 Å². The fourth-order valence-electron chi connectivity index (χ4n) is 4.05. The van der Waals surface area contributed by atoms with Crippen molar-refractivity contribution < 1.29 is 8.78 Å². The summed E-state index contributed by atoms with van der Waals surface area (Å²) < 4.78 is 27.0. The van der Waals surface area contributed by atoms with Crippen LogP contribution in [0.5, 0.6) is 0 Å². The van der Waals surface area contributed by atoms with Crippen molar-refractivity contribution in [2.45, 2.75) is 71.3 Å². The van der Waals surface area contributed by atoms with Crippen LogP contribution >= 0.6 is 0 Å². The Kier molecular flexibility index (Phi) is 3.50. The summed E-state index contributed by atoms with van der Waals surface area (Å²) in [6, 6.07) is 0.0670. The highest BCUT2D eigenvalue weighted by Crippen LogP contribution is 2.55. The molecule has 3 heteroatoms. The van der Waals surface area contributed by atoms with Gasteiger partial charge in [-0.05, 0) is 37.1 Å². The van der Waals surface area contributed by atoms with Gasteiger partial charge in [-0.3, -0.25) is 4.90 Å². The molecule has 1 heterocycles. The molecule has 1 nitrogen and oxygen atoms in total. The summed E-state index contributed by atoms with van der Waals surface area (Å²) in [5.74, 6) is -2.48. The summed E-state index contributed by atoms with van der Waals surface area (Å²) in [7, 11) is 1.86. The fourth-order valence-corrected chi connectivity index (χ4v) is 4.05. The van der Waals surface area contributed by atoms with Crippen molar-refractivity contribution in [2.75, 3.05) is 13.6 Å². The van der Waals surface area contributed by atoms with Gasteiger partial charge in [0.25, 0.3) is 5.92 Å². The topological polar surface area (TPSA) is 3.24 Å². The first-order valence-corrected chi connectivity index (χ1v) is 7.23. The van der Waals surface area contributed by atoms with Gasteiger partial charge in [-0.1, -0.05) is 33.6 Å². The molecule has 1 saturated heterocycles. The van der Waals surface area contributed by atoms with Crippen molar-refractivity contribution in [1.29, 1.82) is 0 Å². The van der Waals surface area contributed by atoms with E-state index in [2.05, 4.69) is 20.8 Å². The van der Waals surface area contributed by atoms with Gasteiger partial charge in [0, 0.05) is 12.5 Å². The van der Waals surface area contributed by atoms with E-state index >= 15 is 0 Å². The molecule has 0 bridgehead atoms. The maximum Gasteiger partial charge on any atom is 0.262 e. The minimum Gasteiger partial charge on any atom is -0.297 e. The number of likely N-dealkylation sites (tertiary alicyclic amines) is 1. The SMILES string of the molecule is CN1CC(F)(F)CC1CC1(C(C)(C)C)CCCC1. The van der Waals surface area contributed by atoms with E-state index in [1.54, 1.807) is 0 Å². The summed E-state index contributed by atoms with van der Waals surface area (Å²) in [6.45, 7) is 6.79. The van der Waals surface area contributed by atoms with Gasteiger partial charge in [-0.15, -0.1) is 0 Å². The molecule has 106 valence electrons. The largest absolute Gasteiger partial charge is 0.297 e. The van der Waals surface area contributed by atoms with Crippen molar-refractivity contribution in [2.24, 2.45) is 10.8 Å². The Labute approximate surface area is 110 Å². The average molecular weight is 259 g/mol. The number of hydrogen-bond donors (Lipinski definition) is 0. The molecule has 2 aliphatic rings. The lowest BCUT2D eigenvalue weighted by Gasteiger charge is -2.44. The van der Waals surface area contributed by atoms with Crippen molar-refractivity contribution in [3.63, 3.8) is 0 Å². The molecule has 2 fully saturated rings. The van der Waals surface area contributed by atoms with E-state index in [0.29, 0.717) is 0 Å². The van der Waals surface area contributed by atoms with Gasteiger partial charge in [0.15, 0.2) is 0 Å². The molecular formula is C15H27F2N. The van der Waals surface area contributed by atoms with E-state index < -0.39 is 5.92 Å². The van der Waals surface area contributed by atoms with Crippen LogP contribution in [0.3, 0.4) is 0 Å². The molecule has 1 aliphatic heterocycles. The molecule has 0 N–H and O–H groups in total. The molecule has 0 aromatic rings. The lowest BCUT2D eigenvalue weighted by atomic mass is 9.62. The van der Waals surface area contributed by atoms with Crippen molar-refractivity contribution >= 4 is 0 Å². The van der Waals surface area contributed by atoms with Crippen LogP contribution in [-0.4, -0.2) is 30.5 Å². The highest BCUT2D eigenvalue weighted by molar-refractivity contribution is 5.00. The quantitative estimate of drug-likeness (QED) is 0.713. The molecular weight excluding hydrogens is 232 g/mol. The third-order valence-corrected chi connectivity index (χ3v) is 5.42. The normalized spacial score (nSPS) is 32.0. The highest BCUT2D eigenvalue weighted by atomic mass is 19.3. The van der Waals surface area contributed by atoms with Gasteiger partial charge in [-0.2, -0.15) is 0 Å². The Hall–Kier alpha value is -0.180. The van der Waals surface area contributed by atoms with Gasteiger partial charge in [0.05, 0.1) is 6.54 Å². The Balaban J connectivity index is 2.11. The summed E-state index contributed by atoms with van der Waals surface area (Å²) in [5.41, 5.74) is 0.495. The van der Waals surface area contributed by atoms with E-state index in [1.807, 2.05) is 11.9 Å². The van der Waals surface area contributed by atoms with Gasteiger partial charge in [0.2, 0.25) is 0 Å². The first kappa shape index (κ1) is 14.2. The van der Waals surface area contributed by atoms with E-state index in [9.17, 15) is 8.78 Å². The first-order chi connectivity index (χ1) is 8.15. The number of hydrogen-bond acceptors (Lipinski definition) is 1. The maximum atomic E-state index is 13.5.